The number of fused-ring (bicyclic) bond motifs is 2. The Kier molecular flexibility index (Phi) is 9.70. The Balaban J connectivity index is 0.00000187. The molecule has 3 heterocycles. The van der Waals surface area contributed by atoms with Crippen molar-refractivity contribution in [2.75, 3.05) is 5.43 Å². The molecule has 0 aliphatic carbocycles. The van der Waals surface area contributed by atoms with Crippen molar-refractivity contribution in [3.63, 3.8) is 0 Å². The monoisotopic (exact) mass is 597 g/mol. The molecule has 0 amide bonds. The molecule has 14 nitrogen and oxygen atoms in total. The molecule has 3 aromatic heterocycles. The summed E-state index contributed by atoms with van der Waals surface area (Å²) in [4.78, 5) is 23.7. The molecule has 0 bridgehead atoms. The summed E-state index contributed by atoms with van der Waals surface area (Å²) in [5, 5.41) is 42.4. The summed E-state index contributed by atoms with van der Waals surface area (Å²) in [6.07, 6.45) is 2.46. The molecule has 211 valence electrons. The van der Waals surface area contributed by atoms with Crippen LogP contribution in [0.3, 0.4) is 0 Å². The first-order chi connectivity index (χ1) is 17.7. The molecule has 5 rings (SSSR count). The van der Waals surface area contributed by atoms with Gasteiger partial charge in [0.2, 0.25) is 0 Å². The predicted octanol–water partition coefficient (Wildman–Crippen LogP) is 0.240. The van der Waals surface area contributed by atoms with Crippen molar-refractivity contribution in [1.82, 2.24) is 14.9 Å². The number of rotatable bonds is 5. The van der Waals surface area contributed by atoms with Gasteiger partial charge in [0.25, 0.3) is 5.95 Å². The van der Waals surface area contributed by atoms with E-state index in [2.05, 4.69) is 25.8 Å². The van der Waals surface area contributed by atoms with Gasteiger partial charge in [0.1, 0.15) is 11.2 Å². The van der Waals surface area contributed by atoms with Gasteiger partial charge >= 0.3 is 28.3 Å². The number of hydrazone groups is 1. The molecule has 1 radical (unpaired) electrons. The standard InChI is InChI=1S/C25H20N6O6.Cu.2H2O/c1-12-8-21(34)36-23-15(12)4-6-19(32)17(23)10-26-29-25-30-28-14(3)31(25)27-11-18-20(33)7-5-16-13(2)9-22(35)37-24(16)18;;;/h4-11,32-33H,1-3H3,(H,29,30);;2*1H2/q;+2;;/p-2/b26-10+,27-11+;;;. The third-order valence-electron chi connectivity index (χ3n) is 5.69. The fourth-order valence-corrected chi connectivity index (χ4v) is 3.85. The van der Waals surface area contributed by atoms with Crippen molar-refractivity contribution >= 4 is 40.3 Å². The van der Waals surface area contributed by atoms with Crippen LogP contribution in [0.15, 0.2) is 65.0 Å². The number of hydrogen-bond acceptors (Lipinski definition) is 11. The number of anilines is 1. The molecule has 0 saturated carbocycles. The van der Waals surface area contributed by atoms with Crippen LogP contribution in [0.1, 0.15) is 28.1 Å². The maximum atomic E-state index is 12.5. The van der Waals surface area contributed by atoms with Crippen LogP contribution in [0.5, 0.6) is 11.5 Å². The van der Waals surface area contributed by atoms with Crippen molar-refractivity contribution in [3.05, 3.63) is 85.3 Å². The second-order valence-corrected chi connectivity index (χ2v) is 8.20. The SMILES string of the molecule is Cc1cc(=O)oc2c(/C=N/Nc3nnc(C)n3/N=C/c3c([O-])ccc4c(C)cc(=O)oc34)c([O-])ccc12.O.O.[Cu+2]. The largest absolute Gasteiger partial charge is 2.00 e. The fraction of sp³-hybridized carbons (Fsp3) is 0.120. The second kappa shape index (κ2) is 12.4. The van der Waals surface area contributed by atoms with Crippen LogP contribution in [0, 0.1) is 20.8 Å². The smallest absolute Gasteiger partial charge is 0.872 e. The average molecular weight is 598 g/mol. The molecule has 0 saturated heterocycles. The molecule has 0 fully saturated rings. The number of aromatic nitrogens is 3. The fourth-order valence-electron chi connectivity index (χ4n) is 3.85. The molecular formula is C25H22CuN6O8. The first-order valence-corrected chi connectivity index (χ1v) is 11.0. The summed E-state index contributed by atoms with van der Waals surface area (Å²) in [5.41, 5.74) is 3.20. The summed E-state index contributed by atoms with van der Waals surface area (Å²) < 4.78 is 11.8. The van der Waals surface area contributed by atoms with Gasteiger partial charge in [-0.15, -0.1) is 10.2 Å². The van der Waals surface area contributed by atoms with E-state index >= 15 is 0 Å². The Hall–Kier alpha value is -4.82. The average Bonchev–Trinajstić information content (AvgIpc) is 3.18. The topological polar surface area (TPSA) is 237 Å². The van der Waals surface area contributed by atoms with Gasteiger partial charge in [-0.05, 0) is 31.9 Å². The molecule has 5 aromatic rings. The first-order valence-electron chi connectivity index (χ1n) is 11.0. The predicted molar refractivity (Wildman–Crippen MR) is 140 cm³/mol. The zero-order valence-electron chi connectivity index (χ0n) is 21.1. The van der Waals surface area contributed by atoms with Gasteiger partial charge in [0, 0.05) is 34.0 Å². The van der Waals surface area contributed by atoms with E-state index in [-0.39, 0.29) is 62.0 Å². The van der Waals surface area contributed by atoms with E-state index < -0.39 is 17.0 Å². The van der Waals surface area contributed by atoms with Gasteiger partial charge < -0.3 is 30.0 Å². The van der Waals surface area contributed by atoms with Gasteiger partial charge in [-0.2, -0.15) is 14.9 Å². The second-order valence-electron chi connectivity index (χ2n) is 8.20. The number of hydrogen-bond donors (Lipinski definition) is 1. The van der Waals surface area contributed by atoms with Crippen LogP contribution >= 0.6 is 0 Å². The van der Waals surface area contributed by atoms with Crippen LogP contribution in [-0.4, -0.2) is 38.3 Å². The molecule has 0 atom stereocenters. The molecule has 0 unspecified atom stereocenters. The maximum absolute atomic E-state index is 12.5. The minimum Gasteiger partial charge on any atom is -0.872 e. The van der Waals surface area contributed by atoms with E-state index in [1.54, 1.807) is 32.9 Å². The van der Waals surface area contributed by atoms with Gasteiger partial charge in [-0.3, -0.25) is 0 Å². The molecule has 0 aliphatic rings. The first kappa shape index (κ1) is 31.4. The quantitative estimate of drug-likeness (QED) is 0.126. The van der Waals surface area contributed by atoms with Crippen molar-refractivity contribution in [1.29, 1.82) is 0 Å². The third kappa shape index (κ3) is 5.77. The zero-order valence-corrected chi connectivity index (χ0v) is 22.0. The normalized spacial score (nSPS) is 11.0. The van der Waals surface area contributed by atoms with Gasteiger partial charge in [-0.1, -0.05) is 35.8 Å². The van der Waals surface area contributed by atoms with E-state index in [9.17, 15) is 19.8 Å². The molecule has 15 heteroatoms. The molecule has 2 aromatic carbocycles. The third-order valence-corrected chi connectivity index (χ3v) is 5.69. The Morgan fingerprint density at radius 1 is 0.825 bits per heavy atom. The molecule has 5 N–H and O–H groups in total. The van der Waals surface area contributed by atoms with Crippen LogP contribution in [0.25, 0.3) is 21.9 Å². The van der Waals surface area contributed by atoms with E-state index in [1.807, 2.05) is 0 Å². The van der Waals surface area contributed by atoms with Crippen molar-refractivity contribution in [2.24, 2.45) is 10.2 Å². The number of nitrogens with zero attached hydrogens (tertiary/aromatic N) is 5. The summed E-state index contributed by atoms with van der Waals surface area (Å²) in [6.45, 7) is 5.11. The summed E-state index contributed by atoms with van der Waals surface area (Å²) >= 11 is 0. The Morgan fingerprint density at radius 2 is 1.32 bits per heavy atom. The Labute approximate surface area is 235 Å². The Bertz CT molecular complexity index is 1880. The Morgan fingerprint density at radius 3 is 1.85 bits per heavy atom. The van der Waals surface area contributed by atoms with Crippen LogP contribution in [0.4, 0.5) is 5.95 Å². The molecular weight excluding hydrogens is 576 g/mol. The van der Waals surface area contributed by atoms with E-state index in [4.69, 9.17) is 8.83 Å². The number of benzene rings is 2. The van der Waals surface area contributed by atoms with Gasteiger partial charge in [0.05, 0.1) is 12.4 Å². The number of nitrogens with one attached hydrogen (secondary N) is 1. The maximum Gasteiger partial charge on any atom is 2.00 e. The molecule has 0 aliphatic heterocycles. The van der Waals surface area contributed by atoms with Crippen LogP contribution < -0.4 is 26.9 Å². The van der Waals surface area contributed by atoms with E-state index in [0.717, 1.165) is 0 Å². The summed E-state index contributed by atoms with van der Waals surface area (Å²) in [5.74, 6) is -0.353. The number of aryl methyl sites for hydroxylation is 3. The zero-order chi connectivity index (χ0) is 26.3. The van der Waals surface area contributed by atoms with Crippen molar-refractivity contribution < 1.29 is 47.1 Å². The van der Waals surface area contributed by atoms with Gasteiger partial charge in [0.15, 0.2) is 5.82 Å². The van der Waals surface area contributed by atoms with Crippen LogP contribution in [-0.2, 0) is 17.1 Å². The molecule has 0 spiro atoms. The summed E-state index contributed by atoms with van der Waals surface area (Å²) in [6, 6.07) is 8.57. The van der Waals surface area contributed by atoms with Crippen LogP contribution in [0.2, 0.25) is 0 Å². The minimum absolute atomic E-state index is 0. The van der Waals surface area contributed by atoms with Crippen molar-refractivity contribution in [2.45, 2.75) is 20.8 Å². The summed E-state index contributed by atoms with van der Waals surface area (Å²) in [7, 11) is 0. The van der Waals surface area contributed by atoms with E-state index in [1.165, 1.54) is 41.4 Å². The van der Waals surface area contributed by atoms with E-state index in [0.29, 0.717) is 27.7 Å². The van der Waals surface area contributed by atoms with Gasteiger partial charge in [-0.25, -0.2) is 15.0 Å². The van der Waals surface area contributed by atoms with Crippen molar-refractivity contribution in [3.8, 4) is 11.5 Å². The molecule has 40 heavy (non-hydrogen) atoms. The minimum atomic E-state index is -0.584.